The van der Waals surface area contributed by atoms with Gasteiger partial charge in [0.1, 0.15) is 5.60 Å². The molecule has 3 aromatic rings. The standard InChI is InChI=1S/C29H28O9/c1-15-10-17-11-19-23(36-13-34-19)25(32-3)21(17)22-18(12-20-24(26(22)33-4)37-14-35-20)27(29(15,2)31)38-28(30)16-8-6-5-7-9-16/h5-9,11-12,15,27,31H,10,13-14H2,1-4H3. The summed E-state index contributed by atoms with van der Waals surface area (Å²) in [6.07, 6.45) is -0.668. The average Bonchev–Trinajstić information content (AvgIpc) is 3.59. The van der Waals surface area contributed by atoms with Gasteiger partial charge in [0.2, 0.25) is 25.1 Å². The van der Waals surface area contributed by atoms with Gasteiger partial charge in [0.05, 0.1) is 19.8 Å². The summed E-state index contributed by atoms with van der Waals surface area (Å²) in [5.74, 6) is 1.77. The normalized spacial score (nSPS) is 22.6. The predicted molar refractivity (Wildman–Crippen MR) is 135 cm³/mol. The lowest BCUT2D eigenvalue weighted by molar-refractivity contribution is -0.107. The van der Waals surface area contributed by atoms with Crippen molar-refractivity contribution in [1.29, 1.82) is 0 Å². The first-order chi connectivity index (χ1) is 18.3. The fourth-order valence-electron chi connectivity index (χ4n) is 5.43. The number of esters is 1. The fourth-order valence-corrected chi connectivity index (χ4v) is 5.43. The monoisotopic (exact) mass is 520 g/mol. The lowest BCUT2D eigenvalue weighted by Crippen LogP contribution is -2.43. The molecule has 2 heterocycles. The number of carbonyl (C=O) groups excluding carboxylic acids is 1. The minimum Gasteiger partial charge on any atom is -0.492 e. The summed E-state index contributed by atoms with van der Waals surface area (Å²) in [7, 11) is 3.09. The van der Waals surface area contributed by atoms with E-state index in [9.17, 15) is 9.90 Å². The van der Waals surface area contributed by atoms with E-state index in [4.69, 9.17) is 33.2 Å². The van der Waals surface area contributed by atoms with E-state index in [-0.39, 0.29) is 19.5 Å². The van der Waals surface area contributed by atoms with Crippen molar-refractivity contribution in [3.63, 3.8) is 0 Å². The summed E-state index contributed by atoms with van der Waals surface area (Å²) in [6, 6.07) is 12.3. The van der Waals surface area contributed by atoms with Crippen LogP contribution in [0.25, 0.3) is 11.1 Å². The number of methoxy groups -OCH3 is 2. The largest absolute Gasteiger partial charge is 0.492 e. The first kappa shape index (κ1) is 24.2. The molecular weight excluding hydrogens is 492 g/mol. The molecule has 198 valence electrons. The topological polar surface area (TPSA) is 102 Å². The molecule has 0 radical (unpaired) electrons. The van der Waals surface area contributed by atoms with E-state index in [0.29, 0.717) is 63.2 Å². The van der Waals surface area contributed by atoms with Crippen molar-refractivity contribution in [2.45, 2.75) is 32.0 Å². The van der Waals surface area contributed by atoms with Crippen LogP contribution in [0.4, 0.5) is 0 Å². The maximum Gasteiger partial charge on any atom is 0.338 e. The first-order valence-corrected chi connectivity index (χ1v) is 12.3. The summed E-state index contributed by atoms with van der Waals surface area (Å²) < 4.78 is 40.9. The number of ether oxygens (including phenoxy) is 7. The van der Waals surface area contributed by atoms with E-state index in [1.54, 1.807) is 44.4 Å². The van der Waals surface area contributed by atoms with Crippen molar-refractivity contribution in [3.8, 4) is 45.6 Å². The van der Waals surface area contributed by atoms with Gasteiger partial charge in [-0.2, -0.15) is 0 Å². The third-order valence-corrected chi connectivity index (χ3v) is 7.58. The number of hydrogen-bond donors (Lipinski definition) is 1. The molecule has 2 aliphatic heterocycles. The highest BCUT2D eigenvalue weighted by molar-refractivity contribution is 5.91. The van der Waals surface area contributed by atoms with Crippen LogP contribution in [-0.2, 0) is 11.2 Å². The average molecular weight is 521 g/mol. The van der Waals surface area contributed by atoms with Crippen LogP contribution in [0.1, 0.15) is 41.4 Å². The smallest absolute Gasteiger partial charge is 0.338 e. The van der Waals surface area contributed by atoms with E-state index in [2.05, 4.69) is 0 Å². The Balaban J connectivity index is 1.66. The van der Waals surface area contributed by atoms with Gasteiger partial charge >= 0.3 is 5.97 Å². The van der Waals surface area contributed by atoms with Gasteiger partial charge < -0.3 is 38.3 Å². The summed E-state index contributed by atoms with van der Waals surface area (Å²) in [6.45, 7) is 3.65. The summed E-state index contributed by atoms with van der Waals surface area (Å²) in [5, 5.41) is 12.0. The van der Waals surface area contributed by atoms with Crippen LogP contribution in [-0.4, -0.2) is 44.5 Å². The molecule has 6 rings (SSSR count). The van der Waals surface area contributed by atoms with Gasteiger partial charge in [-0.05, 0) is 49.1 Å². The van der Waals surface area contributed by atoms with Crippen molar-refractivity contribution < 1.29 is 43.1 Å². The Labute approximate surface area is 219 Å². The van der Waals surface area contributed by atoms with Gasteiger partial charge in [0.15, 0.2) is 29.1 Å². The second-order valence-corrected chi connectivity index (χ2v) is 9.77. The van der Waals surface area contributed by atoms with Crippen molar-refractivity contribution in [2.24, 2.45) is 5.92 Å². The van der Waals surface area contributed by atoms with Crippen LogP contribution < -0.4 is 28.4 Å². The first-order valence-electron chi connectivity index (χ1n) is 12.3. The molecule has 0 amide bonds. The van der Waals surface area contributed by atoms with E-state index in [1.165, 1.54) is 7.11 Å². The fraction of sp³-hybridized carbons (Fsp3) is 0.345. The molecule has 3 aromatic carbocycles. The molecule has 38 heavy (non-hydrogen) atoms. The maximum absolute atomic E-state index is 13.3. The van der Waals surface area contributed by atoms with E-state index < -0.39 is 17.7 Å². The Morgan fingerprint density at radius 1 is 0.921 bits per heavy atom. The Morgan fingerprint density at radius 3 is 2.16 bits per heavy atom. The number of aliphatic hydroxyl groups is 1. The van der Waals surface area contributed by atoms with Crippen LogP contribution in [0.5, 0.6) is 34.5 Å². The number of benzene rings is 3. The highest BCUT2D eigenvalue weighted by Gasteiger charge is 2.47. The zero-order valence-electron chi connectivity index (χ0n) is 21.5. The highest BCUT2D eigenvalue weighted by atomic mass is 16.7. The molecule has 0 saturated carbocycles. The summed E-state index contributed by atoms with van der Waals surface area (Å²) in [4.78, 5) is 13.3. The van der Waals surface area contributed by atoms with Gasteiger partial charge in [-0.1, -0.05) is 25.1 Å². The van der Waals surface area contributed by atoms with Crippen LogP contribution in [0, 0.1) is 5.92 Å². The molecule has 0 bridgehead atoms. The number of carbonyl (C=O) groups is 1. The minimum atomic E-state index is -1.49. The molecular formula is C29H28O9. The second kappa shape index (κ2) is 9.02. The predicted octanol–water partition coefficient (Wildman–Crippen LogP) is 4.67. The van der Waals surface area contributed by atoms with E-state index in [0.717, 1.165) is 5.56 Å². The third kappa shape index (κ3) is 3.60. The van der Waals surface area contributed by atoms with Crippen LogP contribution in [0.15, 0.2) is 42.5 Å². The quantitative estimate of drug-likeness (QED) is 0.492. The molecule has 9 heteroatoms. The number of rotatable bonds is 4. The molecule has 1 N–H and O–H groups in total. The van der Waals surface area contributed by atoms with E-state index >= 15 is 0 Å². The zero-order chi connectivity index (χ0) is 26.6. The Kier molecular flexibility index (Phi) is 5.75. The van der Waals surface area contributed by atoms with E-state index in [1.807, 2.05) is 19.1 Å². The maximum atomic E-state index is 13.3. The molecule has 1 aliphatic carbocycles. The molecule has 0 aromatic heterocycles. The molecule has 0 saturated heterocycles. The molecule has 0 fully saturated rings. The highest BCUT2D eigenvalue weighted by Crippen LogP contribution is 2.59. The van der Waals surface area contributed by atoms with Crippen molar-refractivity contribution in [2.75, 3.05) is 27.8 Å². The van der Waals surface area contributed by atoms with Crippen molar-refractivity contribution in [3.05, 3.63) is 59.2 Å². The number of fused-ring (bicyclic) bond motifs is 5. The van der Waals surface area contributed by atoms with Crippen molar-refractivity contribution >= 4 is 5.97 Å². The lowest BCUT2D eigenvalue weighted by atomic mass is 9.73. The zero-order valence-corrected chi connectivity index (χ0v) is 21.5. The van der Waals surface area contributed by atoms with Crippen LogP contribution in [0.2, 0.25) is 0 Å². The SMILES string of the molecule is COc1c2c(cc3c1-c1c(cc4c(c1OC)OCO4)C(OC(=O)c1ccccc1)C(C)(O)C(C)C3)OCO2. The molecule has 3 aliphatic rings. The second-order valence-electron chi connectivity index (χ2n) is 9.77. The van der Waals surface area contributed by atoms with Gasteiger partial charge in [-0.25, -0.2) is 4.79 Å². The minimum absolute atomic E-state index is 0.000975. The molecule has 3 atom stereocenters. The van der Waals surface area contributed by atoms with Gasteiger partial charge in [0.25, 0.3) is 0 Å². The summed E-state index contributed by atoms with van der Waals surface area (Å²) >= 11 is 0. The van der Waals surface area contributed by atoms with Crippen LogP contribution >= 0.6 is 0 Å². The Morgan fingerprint density at radius 2 is 1.53 bits per heavy atom. The molecule has 0 spiro atoms. The van der Waals surface area contributed by atoms with Gasteiger partial charge in [-0.15, -0.1) is 0 Å². The van der Waals surface area contributed by atoms with Gasteiger partial charge in [0, 0.05) is 16.7 Å². The Hall–Kier alpha value is -4.11. The summed E-state index contributed by atoms with van der Waals surface area (Å²) in [5.41, 5.74) is 1.47. The Bertz CT molecular complexity index is 1410. The van der Waals surface area contributed by atoms with Gasteiger partial charge in [-0.3, -0.25) is 0 Å². The third-order valence-electron chi connectivity index (χ3n) is 7.58. The molecule has 9 nitrogen and oxygen atoms in total. The lowest BCUT2D eigenvalue weighted by Gasteiger charge is -2.41. The molecule has 3 unspecified atom stereocenters. The number of hydrogen-bond acceptors (Lipinski definition) is 9. The van der Waals surface area contributed by atoms with Crippen LogP contribution in [0.3, 0.4) is 0 Å². The van der Waals surface area contributed by atoms with Crippen molar-refractivity contribution in [1.82, 2.24) is 0 Å².